The highest BCUT2D eigenvalue weighted by atomic mass is 16.1. The predicted molar refractivity (Wildman–Crippen MR) is 74.9 cm³/mol. The molecule has 2 rings (SSSR count). The zero-order chi connectivity index (χ0) is 17.1. The number of ketones is 1. The van der Waals surface area contributed by atoms with Crippen LogP contribution in [0.5, 0.6) is 0 Å². The monoisotopic (exact) mass is 250 g/mol. The number of Topliss-reactive ketones (excluding diaryl/α,β-unsaturated/α-hetero) is 1. The average Bonchev–Trinajstić information content (AvgIpc) is 3.06. The molecule has 0 spiro atoms. The van der Waals surface area contributed by atoms with Crippen molar-refractivity contribution in [2.75, 3.05) is 13.1 Å². The van der Waals surface area contributed by atoms with E-state index in [9.17, 15) is 4.79 Å². The summed E-state index contributed by atoms with van der Waals surface area (Å²) < 4.78 is 39.1. The smallest absolute Gasteiger partial charge is 0.179 e. The number of benzene rings is 1. The van der Waals surface area contributed by atoms with Crippen molar-refractivity contribution in [1.82, 2.24) is 4.90 Å². The number of carbonyl (C=O) groups excluding carboxylic acids is 1. The average molecular weight is 250 g/mol. The molecule has 2 heteroatoms. The third-order valence-electron chi connectivity index (χ3n) is 3.46. The molecule has 1 aromatic rings. The van der Waals surface area contributed by atoms with Crippen LogP contribution in [-0.2, 0) is 0 Å². The van der Waals surface area contributed by atoms with Gasteiger partial charge in [0.2, 0.25) is 0 Å². The van der Waals surface area contributed by atoms with Crippen LogP contribution in [-0.4, -0.2) is 29.8 Å². The van der Waals surface area contributed by atoms with Gasteiger partial charge < -0.3 is 0 Å². The van der Waals surface area contributed by atoms with Crippen LogP contribution in [0, 0.1) is 0 Å². The lowest BCUT2D eigenvalue weighted by molar-refractivity contribution is 0.0835. The Morgan fingerprint density at radius 3 is 2.61 bits per heavy atom. The summed E-state index contributed by atoms with van der Waals surface area (Å²) in [7, 11) is 0. The molecule has 2 nitrogen and oxygen atoms in total. The Balaban J connectivity index is 2.43. The molecule has 98 valence electrons. The lowest BCUT2D eigenvalue weighted by Crippen LogP contribution is -2.39. The molecule has 0 saturated carbocycles. The molecule has 1 atom stereocenters. The van der Waals surface area contributed by atoms with Gasteiger partial charge >= 0.3 is 0 Å². The highest BCUT2D eigenvalue weighted by molar-refractivity contribution is 6.00. The van der Waals surface area contributed by atoms with E-state index in [0.29, 0.717) is 6.42 Å². The maximum absolute atomic E-state index is 13.0. The number of carbonyl (C=O) groups is 1. The van der Waals surface area contributed by atoms with E-state index in [-0.39, 0.29) is 29.5 Å². The Morgan fingerprint density at radius 1 is 1.33 bits per heavy atom. The second-order valence-electron chi connectivity index (χ2n) is 4.77. The van der Waals surface area contributed by atoms with E-state index >= 15 is 0 Å². The van der Waals surface area contributed by atoms with Crippen molar-refractivity contribution in [2.45, 2.75) is 45.1 Å². The first-order valence-electron chi connectivity index (χ1n) is 9.25. The Morgan fingerprint density at radius 2 is 2.00 bits per heavy atom. The van der Waals surface area contributed by atoms with Crippen molar-refractivity contribution < 1.29 is 11.6 Å². The molecule has 18 heavy (non-hydrogen) atoms. The predicted octanol–water partition coefficient (Wildman–Crippen LogP) is 3.52. The van der Waals surface area contributed by atoms with Gasteiger partial charge in [-0.3, -0.25) is 9.69 Å². The summed E-state index contributed by atoms with van der Waals surface area (Å²) in [5, 5.41) is 0. The van der Waals surface area contributed by atoms with E-state index in [1.54, 1.807) is 0 Å². The number of nitrogens with zero attached hydrogens (tertiary/aromatic N) is 1. The summed E-state index contributed by atoms with van der Waals surface area (Å²) in [5.74, 6) is -0.336. The summed E-state index contributed by atoms with van der Waals surface area (Å²) in [4.78, 5) is 15.1. The second kappa shape index (κ2) is 6.69. The van der Waals surface area contributed by atoms with Crippen molar-refractivity contribution in [2.24, 2.45) is 0 Å². The molecule has 1 aliphatic heterocycles. The summed E-state index contributed by atoms with van der Waals surface area (Å²) in [5.41, 5.74) is -0.163. The van der Waals surface area contributed by atoms with Crippen LogP contribution in [0.15, 0.2) is 30.2 Å². The number of hydrogen-bond donors (Lipinski definition) is 0. The first-order chi connectivity index (χ1) is 10.9. The molecule has 0 radical (unpaired) electrons. The van der Waals surface area contributed by atoms with Gasteiger partial charge in [0.15, 0.2) is 5.78 Å². The summed E-state index contributed by atoms with van der Waals surface area (Å²) in [6.07, 6.45) is 4.58. The molecule has 1 unspecified atom stereocenters. The number of hydrogen-bond acceptors (Lipinski definition) is 2. The van der Waals surface area contributed by atoms with Gasteiger partial charge in [-0.2, -0.15) is 0 Å². The van der Waals surface area contributed by atoms with Gasteiger partial charge in [-0.15, -0.1) is 0 Å². The van der Waals surface area contributed by atoms with E-state index in [2.05, 4.69) is 11.8 Å². The second-order valence-corrected chi connectivity index (χ2v) is 4.77. The molecule has 0 amide bonds. The van der Waals surface area contributed by atoms with E-state index in [0.717, 1.165) is 38.8 Å². The van der Waals surface area contributed by atoms with Gasteiger partial charge in [0.25, 0.3) is 0 Å². The van der Waals surface area contributed by atoms with E-state index in [1.165, 1.54) is 0 Å². The Labute approximate surface area is 117 Å². The van der Waals surface area contributed by atoms with Crippen LogP contribution in [0.2, 0.25) is 0 Å². The maximum atomic E-state index is 13.0. The molecule has 1 heterocycles. The van der Waals surface area contributed by atoms with Crippen LogP contribution in [0.3, 0.4) is 0 Å². The molecule has 1 aromatic carbocycles. The minimum Gasteiger partial charge on any atom is -0.293 e. The van der Waals surface area contributed by atoms with Crippen LogP contribution >= 0.6 is 0 Å². The van der Waals surface area contributed by atoms with Crippen molar-refractivity contribution in [3.63, 3.8) is 0 Å². The van der Waals surface area contributed by atoms with E-state index < -0.39 is 18.1 Å². The molecule has 1 aliphatic rings. The van der Waals surface area contributed by atoms with Crippen molar-refractivity contribution in [1.29, 1.82) is 0 Å². The zero-order valence-corrected chi connectivity index (χ0v) is 10.9. The summed E-state index contributed by atoms with van der Waals surface area (Å²) in [6.45, 7) is 3.72. The Hall–Kier alpha value is -1.15. The summed E-state index contributed by atoms with van der Waals surface area (Å²) in [6, 6.07) is -2.50. The van der Waals surface area contributed by atoms with Crippen molar-refractivity contribution in [3.05, 3.63) is 35.8 Å². The van der Waals surface area contributed by atoms with Gasteiger partial charge in [0.05, 0.1) is 12.9 Å². The standard InChI is InChI=1S/C16H23NO/c1-2-3-11-15(17-12-7-8-13-17)16(18)14-9-5-4-6-10-14/h4-6,9-10,15H,2-3,7-8,11-13H2,1H3/i4D,5D,6D,9D,10D. The Kier molecular flexibility index (Phi) is 3.02. The zero-order valence-electron chi connectivity index (χ0n) is 15.9. The molecule has 1 fully saturated rings. The lowest BCUT2D eigenvalue weighted by Gasteiger charge is -2.26. The van der Waals surface area contributed by atoms with E-state index in [1.807, 2.05) is 0 Å². The maximum Gasteiger partial charge on any atom is 0.179 e. The highest BCUT2D eigenvalue weighted by Gasteiger charge is 2.27. The Bertz CT molecular complexity index is 570. The van der Waals surface area contributed by atoms with Gasteiger partial charge in [-0.1, -0.05) is 50.0 Å². The van der Waals surface area contributed by atoms with Gasteiger partial charge in [-0.05, 0) is 32.4 Å². The highest BCUT2D eigenvalue weighted by Crippen LogP contribution is 2.20. The topological polar surface area (TPSA) is 20.3 Å². The third kappa shape index (κ3) is 3.20. The molecular weight excluding hydrogens is 222 g/mol. The number of rotatable bonds is 6. The number of unbranched alkanes of at least 4 members (excludes halogenated alkanes) is 1. The molecule has 1 saturated heterocycles. The normalized spacial score (nSPS) is 21.7. The molecular formula is C16H23NO. The first-order valence-corrected chi connectivity index (χ1v) is 6.75. The minimum atomic E-state index is -0.456. The minimum absolute atomic E-state index is 0.163. The van der Waals surface area contributed by atoms with E-state index in [4.69, 9.17) is 6.85 Å². The van der Waals surface area contributed by atoms with Crippen LogP contribution < -0.4 is 0 Å². The van der Waals surface area contributed by atoms with Gasteiger partial charge in [0, 0.05) is 5.56 Å². The van der Waals surface area contributed by atoms with Gasteiger partial charge in [0.1, 0.15) is 0 Å². The van der Waals surface area contributed by atoms with Crippen LogP contribution in [0.25, 0.3) is 0 Å². The van der Waals surface area contributed by atoms with Crippen LogP contribution in [0.4, 0.5) is 0 Å². The first kappa shape index (κ1) is 8.11. The van der Waals surface area contributed by atoms with Crippen molar-refractivity contribution in [3.8, 4) is 0 Å². The molecule has 0 bridgehead atoms. The van der Waals surface area contributed by atoms with Crippen molar-refractivity contribution >= 4 is 5.78 Å². The fourth-order valence-electron chi connectivity index (χ4n) is 2.47. The number of likely N-dealkylation sites (tertiary alicyclic amines) is 1. The van der Waals surface area contributed by atoms with Crippen LogP contribution in [0.1, 0.15) is 56.2 Å². The fraction of sp³-hybridized carbons (Fsp3) is 0.562. The third-order valence-corrected chi connectivity index (χ3v) is 3.46. The quantitative estimate of drug-likeness (QED) is 0.720. The molecule has 0 N–H and O–H groups in total. The molecule has 0 aliphatic carbocycles. The SMILES string of the molecule is [2H]c1c([2H])c([2H])c(C(=O)C(CCCC)N2CCCC2)c([2H])c1[2H]. The largest absolute Gasteiger partial charge is 0.293 e. The lowest BCUT2D eigenvalue weighted by atomic mass is 9.98. The molecule has 0 aromatic heterocycles. The summed E-state index contributed by atoms with van der Waals surface area (Å²) >= 11 is 0. The van der Waals surface area contributed by atoms with Gasteiger partial charge in [-0.25, -0.2) is 0 Å². The fourth-order valence-corrected chi connectivity index (χ4v) is 2.47.